The molecule has 0 N–H and O–H groups in total. The summed E-state index contributed by atoms with van der Waals surface area (Å²) in [5, 5.41) is 0. The van der Waals surface area contributed by atoms with Crippen LogP contribution in [0.3, 0.4) is 0 Å². The number of carbonyl (C=O) groups is 1. The zero-order valence-corrected chi connectivity index (χ0v) is 11.7. The molecule has 3 heteroatoms. The summed E-state index contributed by atoms with van der Waals surface area (Å²) in [4.78, 5) is 11.5. The number of carbonyl (C=O) groups excluding carboxylic acids is 1. The Balaban J connectivity index is 3.09. The van der Waals surface area contributed by atoms with Crippen molar-refractivity contribution >= 4 is 21.7 Å². The SMILES string of the molecule is CCC(C)(C)Oc1ccc(Br)cc1C(C)=O. The van der Waals surface area contributed by atoms with Crippen LogP contribution in [0.15, 0.2) is 22.7 Å². The molecule has 0 aromatic heterocycles. The smallest absolute Gasteiger partial charge is 0.163 e. The van der Waals surface area contributed by atoms with E-state index < -0.39 is 0 Å². The quantitative estimate of drug-likeness (QED) is 0.774. The Kier molecular flexibility index (Phi) is 4.14. The molecule has 0 spiro atoms. The van der Waals surface area contributed by atoms with Crippen molar-refractivity contribution in [2.24, 2.45) is 0 Å². The van der Waals surface area contributed by atoms with Crippen molar-refractivity contribution in [2.75, 3.05) is 0 Å². The van der Waals surface area contributed by atoms with E-state index in [4.69, 9.17) is 4.74 Å². The van der Waals surface area contributed by atoms with E-state index in [2.05, 4.69) is 22.9 Å². The molecule has 0 aliphatic carbocycles. The van der Waals surface area contributed by atoms with Crippen molar-refractivity contribution in [3.05, 3.63) is 28.2 Å². The number of halogens is 1. The van der Waals surface area contributed by atoms with Crippen molar-refractivity contribution < 1.29 is 9.53 Å². The van der Waals surface area contributed by atoms with Crippen molar-refractivity contribution in [1.29, 1.82) is 0 Å². The molecule has 2 nitrogen and oxygen atoms in total. The van der Waals surface area contributed by atoms with Gasteiger partial charge in [-0.3, -0.25) is 4.79 Å². The standard InChI is InChI=1S/C13H17BrO2/c1-5-13(3,4)16-12-7-6-10(14)8-11(12)9(2)15/h6-8H,5H2,1-4H3. The average molecular weight is 285 g/mol. The Morgan fingerprint density at radius 1 is 1.44 bits per heavy atom. The zero-order valence-electron chi connectivity index (χ0n) is 10.1. The first-order valence-electron chi connectivity index (χ1n) is 5.35. The molecule has 0 amide bonds. The molecule has 1 rings (SSSR count). The van der Waals surface area contributed by atoms with Crippen LogP contribution in [0.2, 0.25) is 0 Å². The molecule has 0 bridgehead atoms. The lowest BCUT2D eigenvalue weighted by Crippen LogP contribution is -2.27. The van der Waals surface area contributed by atoms with Crippen LogP contribution >= 0.6 is 15.9 Å². The number of Topliss-reactive ketones (excluding diaryl/α,β-unsaturated/α-hetero) is 1. The fourth-order valence-corrected chi connectivity index (χ4v) is 1.60. The highest BCUT2D eigenvalue weighted by atomic mass is 79.9. The van der Waals surface area contributed by atoms with Gasteiger partial charge in [0.1, 0.15) is 11.4 Å². The fourth-order valence-electron chi connectivity index (χ4n) is 1.24. The topological polar surface area (TPSA) is 26.3 Å². The molecule has 0 aliphatic heterocycles. The Morgan fingerprint density at radius 3 is 2.56 bits per heavy atom. The molecule has 0 unspecified atom stereocenters. The van der Waals surface area contributed by atoms with Gasteiger partial charge in [0.15, 0.2) is 5.78 Å². The van der Waals surface area contributed by atoms with Crippen LogP contribution in [0.5, 0.6) is 5.75 Å². The van der Waals surface area contributed by atoms with E-state index >= 15 is 0 Å². The lowest BCUT2D eigenvalue weighted by atomic mass is 10.1. The summed E-state index contributed by atoms with van der Waals surface area (Å²) in [6.07, 6.45) is 0.889. The van der Waals surface area contributed by atoms with Gasteiger partial charge in [0.05, 0.1) is 5.56 Å². The van der Waals surface area contributed by atoms with Crippen LogP contribution < -0.4 is 4.74 Å². The molecule has 0 saturated carbocycles. The lowest BCUT2D eigenvalue weighted by molar-refractivity contribution is 0.0947. The van der Waals surface area contributed by atoms with Gasteiger partial charge < -0.3 is 4.74 Å². The molecular weight excluding hydrogens is 268 g/mol. The lowest BCUT2D eigenvalue weighted by Gasteiger charge is -2.26. The van der Waals surface area contributed by atoms with Gasteiger partial charge in [0, 0.05) is 4.47 Å². The zero-order chi connectivity index (χ0) is 12.3. The third-order valence-corrected chi connectivity index (χ3v) is 3.05. The highest BCUT2D eigenvalue weighted by Crippen LogP contribution is 2.28. The minimum atomic E-state index is -0.252. The van der Waals surface area contributed by atoms with E-state index in [-0.39, 0.29) is 11.4 Å². The highest BCUT2D eigenvalue weighted by molar-refractivity contribution is 9.10. The third kappa shape index (κ3) is 3.34. The van der Waals surface area contributed by atoms with Crippen LogP contribution in [-0.4, -0.2) is 11.4 Å². The fraction of sp³-hybridized carbons (Fsp3) is 0.462. The minimum Gasteiger partial charge on any atom is -0.487 e. The Labute approximate surface area is 105 Å². The third-order valence-electron chi connectivity index (χ3n) is 2.56. The van der Waals surface area contributed by atoms with Crippen LogP contribution in [0.1, 0.15) is 44.5 Å². The highest BCUT2D eigenvalue weighted by Gasteiger charge is 2.19. The molecule has 0 heterocycles. The van der Waals surface area contributed by atoms with E-state index in [9.17, 15) is 4.79 Å². The van der Waals surface area contributed by atoms with Crippen molar-refractivity contribution in [3.63, 3.8) is 0 Å². The summed E-state index contributed by atoms with van der Waals surface area (Å²) < 4.78 is 6.75. The van der Waals surface area contributed by atoms with Crippen LogP contribution in [-0.2, 0) is 0 Å². The molecule has 0 radical (unpaired) electrons. The van der Waals surface area contributed by atoms with Crippen LogP contribution in [0.25, 0.3) is 0 Å². The second-order valence-electron chi connectivity index (χ2n) is 4.41. The Morgan fingerprint density at radius 2 is 2.06 bits per heavy atom. The first-order valence-corrected chi connectivity index (χ1v) is 6.14. The first kappa shape index (κ1) is 13.2. The number of hydrogen-bond acceptors (Lipinski definition) is 2. The normalized spacial score (nSPS) is 11.3. The van der Waals surface area contributed by atoms with Gasteiger partial charge >= 0.3 is 0 Å². The average Bonchev–Trinajstić information content (AvgIpc) is 2.20. The van der Waals surface area contributed by atoms with E-state index in [1.54, 1.807) is 13.0 Å². The number of ether oxygens (including phenoxy) is 1. The van der Waals surface area contributed by atoms with Crippen LogP contribution in [0.4, 0.5) is 0 Å². The maximum atomic E-state index is 11.5. The first-order chi connectivity index (χ1) is 7.35. The molecule has 0 atom stereocenters. The maximum Gasteiger partial charge on any atom is 0.163 e. The number of ketones is 1. The predicted molar refractivity (Wildman–Crippen MR) is 69.1 cm³/mol. The van der Waals surface area contributed by atoms with E-state index in [0.717, 1.165) is 10.9 Å². The Hall–Kier alpha value is -0.830. The van der Waals surface area contributed by atoms with Gasteiger partial charge in [0.25, 0.3) is 0 Å². The van der Waals surface area contributed by atoms with Crippen molar-refractivity contribution in [2.45, 2.75) is 39.7 Å². The summed E-state index contributed by atoms with van der Waals surface area (Å²) >= 11 is 3.35. The number of rotatable bonds is 4. The van der Waals surface area contributed by atoms with Gasteiger partial charge in [-0.25, -0.2) is 0 Å². The summed E-state index contributed by atoms with van der Waals surface area (Å²) in [6, 6.07) is 5.51. The molecular formula is C13H17BrO2. The van der Waals surface area contributed by atoms with E-state index in [0.29, 0.717) is 11.3 Å². The van der Waals surface area contributed by atoms with E-state index in [1.807, 2.05) is 26.0 Å². The maximum absolute atomic E-state index is 11.5. The molecule has 0 aliphatic rings. The Bertz CT molecular complexity index is 397. The molecule has 0 fully saturated rings. The summed E-state index contributed by atoms with van der Waals surface area (Å²) in [6.45, 7) is 7.64. The summed E-state index contributed by atoms with van der Waals surface area (Å²) in [7, 11) is 0. The van der Waals surface area contributed by atoms with Crippen LogP contribution in [0, 0.1) is 0 Å². The number of benzene rings is 1. The summed E-state index contributed by atoms with van der Waals surface area (Å²) in [5.74, 6) is 0.672. The molecule has 16 heavy (non-hydrogen) atoms. The largest absolute Gasteiger partial charge is 0.487 e. The van der Waals surface area contributed by atoms with Gasteiger partial charge in [-0.05, 0) is 45.4 Å². The number of hydrogen-bond donors (Lipinski definition) is 0. The second kappa shape index (κ2) is 5.00. The molecule has 1 aromatic rings. The van der Waals surface area contributed by atoms with Gasteiger partial charge in [-0.2, -0.15) is 0 Å². The van der Waals surface area contributed by atoms with Crippen molar-refractivity contribution in [1.82, 2.24) is 0 Å². The summed E-state index contributed by atoms with van der Waals surface area (Å²) in [5.41, 5.74) is 0.369. The molecule has 1 aromatic carbocycles. The molecule has 0 saturated heterocycles. The molecule has 88 valence electrons. The second-order valence-corrected chi connectivity index (χ2v) is 5.33. The van der Waals surface area contributed by atoms with Crippen molar-refractivity contribution in [3.8, 4) is 5.75 Å². The monoisotopic (exact) mass is 284 g/mol. The van der Waals surface area contributed by atoms with E-state index in [1.165, 1.54) is 0 Å². The predicted octanol–water partition coefficient (Wildman–Crippen LogP) is 4.22. The van der Waals surface area contributed by atoms with Gasteiger partial charge in [-0.1, -0.05) is 22.9 Å². The van der Waals surface area contributed by atoms with Gasteiger partial charge in [-0.15, -0.1) is 0 Å². The minimum absolute atomic E-state index is 0.0169. The van der Waals surface area contributed by atoms with Gasteiger partial charge in [0.2, 0.25) is 0 Å².